The Bertz CT molecular complexity index is 994. The molecule has 6 nitrogen and oxygen atoms in total. The second-order valence-corrected chi connectivity index (χ2v) is 8.21. The van der Waals surface area contributed by atoms with Gasteiger partial charge in [-0.1, -0.05) is 30.3 Å². The minimum Gasteiger partial charge on any atom is -0.507 e. The minimum absolute atomic E-state index is 0.0904. The fraction of sp³-hybridized carbons (Fsp3) is 0.381. The Hall–Kier alpha value is -2.80. The summed E-state index contributed by atoms with van der Waals surface area (Å²) in [5.74, 6) is 0.0699. The van der Waals surface area contributed by atoms with Gasteiger partial charge in [-0.25, -0.2) is 9.07 Å². The van der Waals surface area contributed by atoms with Crippen LogP contribution in [0.1, 0.15) is 49.3 Å². The Labute approximate surface area is 163 Å². The minimum atomic E-state index is -0.473. The molecule has 0 aliphatic carbocycles. The van der Waals surface area contributed by atoms with Crippen molar-refractivity contribution in [2.75, 3.05) is 6.54 Å². The molecule has 1 unspecified atom stereocenters. The fourth-order valence-electron chi connectivity index (χ4n) is 3.83. The third kappa shape index (κ3) is 3.38. The predicted molar refractivity (Wildman–Crippen MR) is 103 cm³/mol. The van der Waals surface area contributed by atoms with Crippen LogP contribution >= 0.6 is 0 Å². The Morgan fingerprint density at radius 3 is 2.57 bits per heavy atom. The summed E-state index contributed by atoms with van der Waals surface area (Å²) in [4.78, 5) is 2.24. The van der Waals surface area contributed by atoms with E-state index in [1.807, 2.05) is 26.8 Å². The van der Waals surface area contributed by atoms with Crippen LogP contribution in [0.3, 0.4) is 0 Å². The number of halogens is 1. The highest BCUT2D eigenvalue weighted by Gasteiger charge is 2.34. The SMILES string of the molecule is CC(C)(C)n1nnnc1C(c1ccc(F)cc1O)N1CCc2ccccc2C1. The molecule has 2 heterocycles. The quantitative estimate of drug-likeness (QED) is 0.753. The lowest BCUT2D eigenvalue weighted by molar-refractivity contribution is 0.183. The molecular formula is C21H24FN5O. The average Bonchev–Trinajstić information content (AvgIpc) is 3.13. The highest BCUT2D eigenvalue weighted by Crippen LogP contribution is 2.37. The second kappa shape index (κ2) is 6.98. The number of tetrazole rings is 1. The number of phenols is 1. The van der Waals surface area contributed by atoms with Gasteiger partial charge in [0.15, 0.2) is 5.82 Å². The van der Waals surface area contributed by atoms with E-state index in [1.54, 1.807) is 10.7 Å². The second-order valence-electron chi connectivity index (χ2n) is 8.21. The lowest BCUT2D eigenvalue weighted by Gasteiger charge is -2.36. The molecule has 4 rings (SSSR count). The van der Waals surface area contributed by atoms with E-state index in [1.165, 1.54) is 17.2 Å². The number of rotatable bonds is 3. The summed E-state index contributed by atoms with van der Waals surface area (Å²) in [6.45, 7) is 7.57. The van der Waals surface area contributed by atoms with Crippen molar-refractivity contribution in [3.8, 4) is 5.75 Å². The van der Waals surface area contributed by atoms with Gasteiger partial charge in [-0.05, 0) is 54.8 Å². The molecule has 0 fully saturated rings. The Balaban J connectivity index is 1.83. The van der Waals surface area contributed by atoms with Crippen LogP contribution in [0.4, 0.5) is 4.39 Å². The molecule has 0 bridgehead atoms. The number of aromatic hydroxyl groups is 1. The zero-order valence-electron chi connectivity index (χ0n) is 16.3. The zero-order chi connectivity index (χ0) is 19.9. The first-order valence-corrected chi connectivity index (χ1v) is 9.42. The summed E-state index contributed by atoms with van der Waals surface area (Å²) in [6, 6.07) is 12.1. The van der Waals surface area contributed by atoms with E-state index in [2.05, 4.69) is 38.6 Å². The summed E-state index contributed by atoms with van der Waals surface area (Å²) in [6.07, 6.45) is 0.895. The van der Waals surface area contributed by atoms with Gasteiger partial charge in [0.05, 0.1) is 5.54 Å². The number of phenolic OH excluding ortho intramolecular Hbond substituents is 1. The maximum absolute atomic E-state index is 13.6. The van der Waals surface area contributed by atoms with Crippen molar-refractivity contribution < 1.29 is 9.50 Å². The summed E-state index contributed by atoms with van der Waals surface area (Å²) in [5.41, 5.74) is 2.84. The molecule has 1 N–H and O–H groups in total. The van der Waals surface area contributed by atoms with Crippen LogP contribution in [0, 0.1) is 5.82 Å². The first kappa shape index (κ1) is 18.6. The van der Waals surface area contributed by atoms with Gasteiger partial charge in [0.2, 0.25) is 0 Å². The van der Waals surface area contributed by atoms with Crippen LogP contribution in [-0.2, 0) is 18.5 Å². The summed E-state index contributed by atoms with van der Waals surface area (Å²) < 4.78 is 15.4. The first-order chi connectivity index (χ1) is 13.3. The maximum Gasteiger partial charge on any atom is 0.173 e. The Morgan fingerprint density at radius 2 is 1.86 bits per heavy atom. The van der Waals surface area contributed by atoms with Crippen molar-refractivity contribution in [2.45, 2.75) is 45.3 Å². The van der Waals surface area contributed by atoms with Crippen LogP contribution in [0.15, 0.2) is 42.5 Å². The number of fused-ring (bicyclic) bond motifs is 1. The van der Waals surface area contributed by atoms with Crippen molar-refractivity contribution >= 4 is 0 Å². The largest absolute Gasteiger partial charge is 0.507 e. The van der Waals surface area contributed by atoms with Crippen LogP contribution in [-0.4, -0.2) is 36.8 Å². The number of hydrogen-bond acceptors (Lipinski definition) is 5. The normalized spacial score (nSPS) is 16.0. The first-order valence-electron chi connectivity index (χ1n) is 9.42. The molecule has 0 spiro atoms. The van der Waals surface area contributed by atoms with Crippen LogP contribution in [0.5, 0.6) is 5.75 Å². The molecule has 1 aliphatic heterocycles. The van der Waals surface area contributed by atoms with Gasteiger partial charge in [0.1, 0.15) is 17.6 Å². The fourth-order valence-corrected chi connectivity index (χ4v) is 3.83. The number of aromatic nitrogens is 4. The van der Waals surface area contributed by atoms with Gasteiger partial charge in [-0.2, -0.15) is 0 Å². The Morgan fingerprint density at radius 1 is 1.11 bits per heavy atom. The van der Waals surface area contributed by atoms with Crippen molar-refractivity contribution in [3.05, 3.63) is 70.8 Å². The van der Waals surface area contributed by atoms with Gasteiger partial charge in [0, 0.05) is 24.7 Å². The molecule has 2 aromatic carbocycles. The van der Waals surface area contributed by atoms with Crippen molar-refractivity contribution in [1.29, 1.82) is 0 Å². The van der Waals surface area contributed by atoms with Gasteiger partial charge < -0.3 is 5.11 Å². The highest BCUT2D eigenvalue weighted by atomic mass is 19.1. The molecule has 0 amide bonds. The predicted octanol–water partition coefficient (Wildman–Crippen LogP) is 3.42. The van der Waals surface area contributed by atoms with E-state index in [0.717, 1.165) is 19.0 Å². The average molecular weight is 381 g/mol. The summed E-state index contributed by atoms with van der Waals surface area (Å²) in [5, 5.41) is 22.9. The standard InChI is InChI=1S/C21H24FN5O/c1-21(2,3)27-20(23-24-25-27)19(17-9-8-16(22)12-18(17)28)26-11-10-14-6-4-5-7-15(14)13-26/h4-9,12,19,28H,10-11,13H2,1-3H3. The number of hydrogen-bond donors (Lipinski definition) is 1. The van der Waals surface area contributed by atoms with Gasteiger partial charge >= 0.3 is 0 Å². The van der Waals surface area contributed by atoms with Gasteiger partial charge in [-0.15, -0.1) is 5.10 Å². The molecule has 28 heavy (non-hydrogen) atoms. The monoisotopic (exact) mass is 381 g/mol. The van der Waals surface area contributed by atoms with E-state index < -0.39 is 5.82 Å². The third-order valence-corrected chi connectivity index (χ3v) is 5.19. The molecule has 0 saturated heterocycles. The molecule has 0 radical (unpaired) electrons. The van der Waals surface area contributed by atoms with Crippen molar-refractivity contribution in [2.24, 2.45) is 0 Å². The molecule has 0 saturated carbocycles. The van der Waals surface area contributed by atoms with E-state index in [4.69, 9.17) is 0 Å². The molecular weight excluding hydrogens is 357 g/mol. The van der Waals surface area contributed by atoms with Gasteiger partial charge in [-0.3, -0.25) is 4.90 Å². The smallest absolute Gasteiger partial charge is 0.173 e. The zero-order valence-corrected chi connectivity index (χ0v) is 16.3. The van der Waals surface area contributed by atoms with Gasteiger partial charge in [0.25, 0.3) is 0 Å². The van der Waals surface area contributed by atoms with Crippen molar-refractivity contribution in [3.63, 3.8) is 0 Å². The molecule has 3 aromatic rings. The molecule has 146 valence electrons. The van der Waals surface area contributed by atoms with Crippen LogP contribution in [0.2, 0.25) is 0 Å². The number of nitrogens with zero attached hydrogens (tertiary/aromatic N) is 5. The Kier molecular flexibility index (Phi) is 4.63. The molecule has 7 heteroatoms. The molecule has 1 atom stereocenters. The topological polar surface area (TPSA) is 67.1 Å². The van der Waals surface area contributed by atoms with Crippen molar-refractivity contribution in [1.82, 2.24) is 25.1 Å². The molecule has 1 aromatic heterocycles. The third-order valence-electron chi connectivity index (χ3n) is 5.19. The number of benzene rings is 2. The lowest BCUT2D eigenvalue weighted by atomic mass is 9.95. The van der Waals surface area contributed by atoms with E-state index in [9.17, 15) is 9.50 Å². The van der Waals surface area contributed by atoms with E-state index in [-0.39, 0.29) is 17.3 Å². The summed E-state index contributed by atoms with van der Waals surface area (Å²) >= 11 is 0. The van der Waals surface area contributed by atoms with E-state index in [0.29, 0.717) is 17.9 Å². The lowest BCUT2D eigenvalue weighted by Crippen LogP contribution is -2.38. The summed E-state index contributed by atoms with van der Waals surface area (Å²) in [7, 11) is 0. The highest BCUT2D eigenvalue weighted by molar-refractivity contribution is 5.39. The van der Waals surface area contributed by atoms with Crippen LogP contribution < -0.4 is 0 Å². The van der Waals surface area contributed by atoms with E-state index >= 15 is 0 Å². The van der Waals surface area contributed by atoms with Crippen LogP contribution in [0.25, 0.3) is 0 Å². The molecule has 1 aliphatic rings. The maximum atomic E-state index is 13.6.